The number of hydrogen-bond acceptors (Lipinski definition) is 3. The number of aliphatic hydroxyl groups is 1. The van der Waals surface area contributed by atoms with Crippen molar-refractivity contribution in [2.24, 2.45) is 0 Å². The molecule has 3 nitrogen and oxygen atoms in total. The molecular weight excluding hydrogens is 224 g/mol. The first-order chi connectivity index (χ1) is 5.70. The molecule has 0 aromatic rings. The van der Waals surface area contributed by atoms with Crippen molar-refractivity contribution in [3.8, 4) is 0 Å². The average molecular weight is 241 g/mol. The molecule has 0 aliphatic carbocycles. The predicted molar refractivity (Wildman–Crippen MR) is 51.7 cm³/mol. The summed E-state index contributed by atoms with van der Waals surface area (Å²) in [6.45, 7) is 5.52. The van der Waals surface area contributed by atoms with Crippen molar-refractivity contribution in [1.29, 1.82) is 0 Å². The lowest BCUT2D eigenvalue weighted by Gasteiger charge is -2.14. The zero-order valence-corrected chi connectivity index (χ0v) is 9.21. The zero-order chi connectivity index (χ0) is 9.40. The molecule has 0 spiro atoms. The van der Waals surface area contributed by atoms with Crippen molar-refractivity contribution in [1.82, 2.24) is 0 Å². The normalized spacial score (nSPS) is 16.0. The van der Waals surface area contributed by atoms with Gasteiger partial charge >= 0.3 is 0 Å². The summed E-state index contributed by atoms with van der Waals surface area (Å²) in [6, 6.07) is 0. The summed E-state index contributed by atoms with van der Waals surface area (Å²) in [4.78, 5) is 0. The molecule has 12 heavy (non-hydrogen) atoms. The van der Waals surface area contributed by atoms with Gasteiger partial charge in [0.1, 0.15) is 0 Å². The zero-order valence-electron chi connectivity index (χ0n) is 7.62. The van der Waals surface area contributed by atoms with Crippen LogP contribution in [0.3, 0.4) is 0 Å². The van der Waals surface area contributed by atoms with Crippen molar-refractivity contribution in [2.45, 2.75) is 26.1 Å². The topological polar surface area (TPSA) is 38.7 Å². The number of rotatable bonds is 7. The third kappa shape index (κ3) is 7.03. The van der Waals surface area contributed by atoms with Gasteiger partial charge in [-0.15, -0.1) is 0 Å². The van der Waals surface area contributed by atoms with E-state index in [2.05, 4.69) is 15.9 Å². The Balaban J connectivity index is 3.24. The van der Waals surface area contributed by atoms with E-state index >= 15 is 0 Å². The van der Waals surface area contributed by atoms with Crippen molar-refractivity contribution in [2.75, 3.05) is 25.2 Å². The molecular formula is C8H17BrO3. The first-order valence-electron chi connectivity index (χ1n) is 4.14. The van der Waals surface area contributed by atoms with Gasteiger partial charge in [-0.25, -0.2) is 0 Å². The maximum Gasteiger partial charge on any atom is 0.0870 e. The Labute approximate surface area is 82.2 Å². The maximum absolute atomic E-state index is 9.12. The van der Waals surface area contributed by atoms with E-state index in [4.69, 9.17) is 14.6 Å². The number of alkyl halides is 1. The van der Waals surface area contributed by atoms with Crippen LogP contribution < -0.4 is 0 Å². The highest BCUT2D eigenvalue weighted by molar-refractivity contribution is 9.09. The van der Waals surface area contributed by atoms with E-state index < -0.39 is 6.10 Å². The molecule has 0 heterocycles. The van der Waals surface area contributed by atoms with E-state index in [0.717, 1.165) is 0 Å². The van der Waals surface area contributed by atoms with Crippen LogP contribution in [0.2, 0.25) is 0 Å². The Kier molecular flexibility index (Phi) is 8.22. The van der Waals surface area contributed by atoms with Crippen LogP contribution in [0.25, 0.3) is 0 Å². The summed E-state index contributed by atoms with van der Waals surface area (Å²) in [7, 11) is 0. The highest BCUT2D eigenvalue weighted by Gasteiger charge is 2.06. The fourth-order valence-electron chi connectivity index (χ4n) is 0.652. The SMILES string of the molecule is CCOCC(C)OCC(O)CBr. The minimum atomic E-state index is -0.422. The van der Waals surface area contributed by atoms with Crippen LogP contribution in [0, 0.1) is 0 Å². The Morgan fingerprint density at radius 3 is 2.58 bits per heavy atom. The first kappa shape index (κ1) is 12.4. The van der Waals surface area contributed by atoms with Crippen LogP contribution in [0.4, 0.5) is 0 Å². The molecule has 1 N–H and O–H groups in total. The van der Waals surface area contributed by atoms with E-state index in [9.17, 15) is 0 Å². The third-order valence-electron chi connectivity index (χ3n) is 1.31. The third-order valence-corrected chi connectivity index (χ3v) is 2.06. The highest BCUT2D eigenvalue weighted by atomic mass is 79.9. The smallest absolute Gasteiger partial charge is 0.0870 e. The van der Waals surface area contributed by atoms with E-state index in [1.807, 2.05) is 13.8 Å². The summed E-state index contributed by atoms with van der Waals surface area (Å²) in [5.41, 5.74) is 0. The molecule has 0 radical (unpaired) electrons. The molecule has 4 heteroatoms. The standard InChI is InChI=1S/C8H17BrO3/c1-3-11-5-7(2)12-6-8(10)4-9/h7-8,10H,3-6H2,1-2H3. The van der Waals surface area contributed by atoms with E-state index in [1.54, 1.807) is 0 Å². The van der Waals surface area contributed by atoms with Gasteiger partial charge in [-0.2, -0.15) is 0 Å². The van der Waals surface area contributed by atoms with E-state index in [-0.39, 0.29) is 6.10 Å². The molecule has 2 atom stereocenters. The van der Waals surface area contributed by atoms with Crippen LogP contribution >= 0.6 is 15.9 Å². The molecule has 0 bridgehead atoms. The lowest BCUT2D eigenvalue weighted by molar-refractivity contribution is -0.0331. The van der Waals surface area contributed by atoms with Gasteiger partial charge in [-0.05, 0) is 13.8 Å². The maximum atomic E-state index is 9.12. The minimum Gasteiger partial charge on any atom is -0.390 e. The molecule has 0 rings (SSSR count). The molecule has 0 saturated carbocycles. The minimum absolute atomic E-state index is 0.0543. The quantitative estimate of drug-likeness (QED) is 0.680. The molecule has 0 aromatic heterocycles. The Morgan fingerprint density at radius 2 is 2.08 bits per heavy atom. The van der Waals surface area contributed by atoms with Crippen LogP contribution in [-0.2, 0) is 9.47 Å². The second-order valence-electron chi connectivity index (χ2n) is 2.61. The summed E-state index contributed by atoms with van der Waals surface area (Å²) in [6.07, 6.45) is -0.368. The van der Waals surface area contributed by atoms with Crippen molar-refractivity contribution >= 4 is 15.9 Å². The number of aliphatic hydroxyl groups excluding tert-OH is 1. The van der Waals surface area contributed by atoms with Gasteiger partial charge in [-0.1, -0.05) is 15.9 Å². The number of ether oxygens (including phenoxy) is 2. The van der Waals surface area contributed by atoms with Crippen LogP contribution in [-0.4, -0.2) is 42.5 Å². The summed E-state index contributed by atoms with van der Waals surface area (Å²) >= 11 is 3.16. The average Bonchev–Trinajstić information content (AvgIpc) is 2.10. The van der Waals surface area contributed by atoms with Gasteiger partial charge in [0.05, 0.1) is 25.4 Å². The summed E-state index contributed by atoms with van der Waals surface area (Å²) in [5, 5.41) is 9.67. The molecule has 2 unspecified atom stereocenters. The van der Waals surface area contributed by atoms with Gasteiger partial charge in [0, 0.05) is 11.9 Å². The van der Waals surface area contributed by atoms with Gasteiger partial charge in [0.15, 0.2) is 0 Å². The monoisotopic (exact) mass is 240 g/mol. The van der Waals surface area contributed by atoms with E-state index in [1.165, 1.54) is 0 Å². The predicted octanol–water partition coefficient (Wildman–Crippen LogP) is 1.18. The van der Waals surface area contributed by atoms with Crippen molar-refractivity contribution in [3.05, 3.63) is 0 Å². The Bertz CT molecular complexity index is 100. The van der Waals surface area contributed by atoms with Gasteiger partial charge in [-0.3, -0.25) is 0 Å². The van der Waals surface area contributed by atoms with Gasteiger partial charge in [0.2, 0.25) is 0 Å². The Morgan fingerprint density at radius 1 is 1.42 bits per heavy atom. The molecule has 0 aromatic carbocycles. The lowest BCUT2D eigenvalue weighted by atomic mass is 10.4. The molecule has 74 valence electrons. The summed E-state index contributed by atoms with van der Waals surface area (Å²) in [5.74, 6) is 0. The largest absolute Gasteiger partial charge is 0.390 e. The second kappa shape index (κ2) is 7.98. The van der Waals surface area contributed by atoms with Crippen molar-refractivity contribution in [3.63, 3.8) is 0 Å². The Hall–Kier alpha value is 0.360. The summed E-state index contributed by atoms with van der Waals surface area (Å²) < 4.78 is 10.4. The van der Waals surface area contributed by atoms with Crippen LogP contribution in [0.1, 0.15) is 13.8 Å². The van der Waals surface area contributed by atoms with Crippen molar-refractivity contribution < 1.29 is 14.6 Å². The van der Waals surface area contributed by atoms with Crippen LogP contribution in [0.5, 0.6) is 0 Å². The molecule has 0 fully saturated rings. The number of halogens is 1. The lowest BCUT2D eigenvalue weighted by Crippen LogP contribution is -2.23. The molecule has 0 aliphatic rings. The van der Waals surface area contributed by atoms with Crippen LogP contribution in [0.15, 0.2) is 0 Å². The second-order valence-corrected chi connectivity index (χ2v) is 3.26. The van der Waals surface area contributed by atoms with E-state index in [0.29, 0.717) is 25.2 Å². The fraction of sp³-hybridized carbons (Fsp3) is 1.00. The molecule has 0 amide bonds. The molecule has 0 aliphatic heterocycles. The number of hydrogen-bond donors (Lipinski definition) is 1. The van der Waals surface area contributed by atoms with Gasteiger partial charge < -0.3 is 14.6 Å². The highest BCUT2D eigenvalue weighted by Crippen LogP contribution is 1.96. The van der Waals surface area contributed by atoms with Gasteiger partial charge in [0.25, 0.3) is 0 Å². The molecule has 0 saturated heterocycles. The fourth-order valence-corrected chi connectivity index (χ4v) is 0.839. The first-order valence-corrected chi connectivity index (χ1v) is 5.26.